The summed E-state index contributed by atoms with van der Waals surface area (Å²) in [4.78, 5) is 11.6. The second-order valence-electron chi connectivity index (χ2n) is 5.70. The third-order valence-corrected chi connectivity index (χ3v) is 2.83. The van der Waals surface area contributed by atoms with Gasteiger partial charge in [-0.25, -0.2) is 0 Å². The number of hydrogen-bond acceptors (Lipinski definition) is 3. The highest BCUT2D eigenvalue weighted by molar-refractivity contribution is 5.83. The van der Waals surface area contributed by atoms with Gasteiger partial charge in [0.25, 0.3) is 0 Å². The third kappa shape index (κ3) is 6.39. The molecule has 0 unspecified atom stereocenters. The molecule has 0 bridgehead atoms. The van der Waals surface area contributed by atoms with Gasteiger partial charge in [0.2, 0.25) is 0 Å². The molecule has 1 aromatic carbocycles. The summed E-state index contributed by atoms with van der Waals surface area (Å²) in [6, 6.07) is 7.91. The van der Waals surface area contributed by atoms with Crippen LogP contribution in [-0.4, -0.2) is 25.6 Å². The van der Waals surface area contributed by atoms with E-state index >= 15 is 0 Å². The molecule has 3 nitrogen and oxygen atoms in total. The number of ketones is 1. The maximum atomic E-state index is 11.6. The molecule has 0 saturated heterocycles. The van der Waals surface area contributed by atoms with Crippen LogP contribution in [0.2, 0.25) is 0 Å². The van der Waals surface area contributed by atoms with Crippen molar-refractivity contribution in [2.45, 2.75) is 34.1 Å². The van der Waals surface area contributed by atoms with E-state index in [0.29, 0.717) is 26.2 Å². The molecule has 0 atom stereocenters. The second-order valence-corrected chi connectivity index (χ2v) is 5.70. The Morgan fingerprint density at radius 2 is 1.68 bits per heavy atom. The summed E-state index contributed by atoms with van der Waals surface area (Å²) in [5.41, 5.74) is 0.936. The molecule has 1 aromatic rings. The molecule has 0 aliphatic rings. The van der Waals surface area contributed by atoms with Crippen LogP contribution in [0.4, 0.5) is 0 Å². The van der Waals surface area contributed by atoms with Crippen molar-refractivity contribution < 1.29 is 14.3 Å². The minimum absolute atomic E-state index is 0.229. The largest absolute Gasteiger partial charge is 0.491 e. The van der Waals surface area contributed by atoms with Gasteiger partial charge in [-0.3, -0.25) is 4.79 Å². The summed E-state index contributed by atoms with van der Waals surface area (Å²) >= 11 is 0. The van der Waals surface area contributed by atoms with Gasteiger partial charge in [-0.2, -0.15) is 0 Å². The van der Waals surface area contributed by atoms with E-state index in [0.717, 1.165) is 5.75 Å². The van der Waals surface area contributed by atoms with E-state index in [9.17, 15) is 4.79 Å². The van der Waals surface area contributed by atoms with Crippen LogP contribution in [0, 0.1) is 12.3 Å². The fourth-order valence-corrected chi connectivity index (χ4v) is 1.49. The van der Waals surface area contributed by atoms with Crippen LogP contribution in [-0.2, 0) is 9.53 Å². The molecule has 0 N–H and O–H groups in total. The summed E-state index contributed by atoms with van der Waals surface area (Å²) in [5, 5.41) is 0. The maximum Gasteiger partial charge on any atom is 0.140 e. The zero-order valence-corrected chi connectivity index (χ0v) is 12.4. The van der Waals surface area contributed by atoms with Crippen molar-refractivity contribution in [1.82, 2.24) is 0 Å². The fourth-order valence-electron chi connectivity index (χ4n) is 1.49. The van der Waals surface area contributed by atoms with E-state index in [1.54, 1.807) is 0 Å². The lowest BCUT2D eigenvalue weighted by atomic mass is 9.89. The molecule has 106 valence electrons. The van der Waals surface area contributed by atoms with Gasteiger partial charge < -0.3 is 9.47 Å². The van der Waals surface area contributed by atoms with Gasteiger partial charge in [-0.1, -0.05) is 38.5 Å². The van der Waals surface area contributed by atoms with E-state index < -0.39 is 0 Å². The summed E-state index contributed by atoms with van der Waals surface area (Å²) < 4.78 is 10.9. The van der Waals surface area contributed by atoms with Gasteiger partial charge in [-0.05, 0) is 19.1 Å². The number of carbonyl (C=O) groups excluding carboxylic acids is 1. The minimum Gasteiger partial charge on any atom is -0.491 e. The number of Topliss-reactive ketones (excluding diaryl/α,β-unsaturated/α-hetero) is 1. The van der Waals surface area contributed by atoms with E-state index in [1.807, 2.05) is 52.0 Å². The Labute approximate surface area is 115 Å². The molecule has 0 aliphatic carbocycles. The third-order valence-electron chi connectivity index (χ3n) is 2.83. The molecule has 0 aromatic heterocycles. The van der Waals surface area contributed by atoms with Crippen LogP contribution in [0.1, 0.15) is 32.8 Å². The molecule has 19 heavy (non-hydrogen) atoms. The topological polar surface area (TPSA) is 35.5 Å². The standard InChI is InChI=1S/C16H24O3/c1-13-5-7-14(8-6-13)19-12-11-18-10-9-15(17)16(2,3)4/h5-8H,9-12H2,1-4H3. The number of benzene rings is 1. The van der Waals surface area contributed by atoms with Crippen LogP contribution in [0.15, 0.2) is 24.3 Å². The highest BCUT2D eigenvalue weighted by atomic mass is 16.5. The Balaban J connectivity index is 2.09. The first-order valence-electron chi connectivity index (χ1n) is 6.70. The molecule has 0 spiro atoms. The number of aryl methyl sites for hydroxylation is 1. The minimum atomic E-state index is -0.276. The predicted molar refractivity (Wildman–Crippen MR) is 76.6 cm³/mol. The van der Waals surface area contributed by atoms with Crippen molar-refractivity contribution in [3.63, 3.8) is 0 Å². The van der Waals surface area contributed by atoms with E-state index in [2.05, 4.69) is 0 Å². The molecule has 0 saturated carbocycles. The molecule has 0 radical (unpaired) electrons. The van der Waals surface area contributed by atoms with Crippen LogP contribution >= 0.6 is 0 Å². The highest BCUT2D eigenvalue weighted by Crippen LogP contribution is 2.16. The summed E-state index contributed by atoms with van der Waals surface area (Å²) in [6.07, 6.45) is 0.466. The van der Waals surface area contributed by atoms with Crippen molar-refractivity contribution in [3.05, 3.63) is 29.8 Å². The van der Waals surface area contributed by atoms with Crippen LogP contribution in [0.5, 0.6) is 5.75 Å². The highest BCUT2D eigenvalue weighted by Gasteiger charge is 2.20. The molecule has 3 heteroatoms. The molecular formula is C16H24O3. The quantitative estimate of drug-likeness (QED) is 0.708. The Hall–Kier alpha value is -1.35. The van der Waals surface area contributed by atoms with Crippen molar-refractivity contribution >= 4 is 5.78 Å². The molecular weight excluding hydrogens is 240 g/mol. The molecule has 0 aliphatic heterocycles. The van der Waals surface area contributed by atoms with Gasteiger partial charge in [0.15, 0.2) is 0 Å². The average Bonchev–Trinajstić information content (AvgIpc) is 2.34. The van der Waals surface area contributed by atoms with Crippen LogP contribution < -0.4 is 4.74 Å². The Bertz CT molecular complexity index is 387. The van der Waals surface area contributed by atoms with Gasteiger partial charge in [0.1, 0.15) is 18.1 Å². The lowest BCUT2D eigenvalue weighted by molar-refractivity contribution is -0.127. The Kier molecular flexibility index (Phi) is 6.03. The fraction of sp³-hybridized carbons (Fsp3) is 0.562. The van der Waals surface area contributed by atoms with Crippen LogP contribution in [0.25, 0.3) is 0 Å². The van der Waals surface area contributed by atoms with Crippen molar-refractivity contribution in [2.24, 2.45) is 5.41 Å². The molecule has 1 rings (SSSR count). The summed E-state index contributed by atoms with van der Waals surface area (Å²) in [6.45, 7) is 9.30. The normalized spacial score (nSPS) is 11.4. The van der Waals surface area contributed by atoms with E-state index in [1.165, 1.54) is 5.56 Å². The van der Waals surface area contributed by atoms with Gasteiger partial charge in [0, 0.05) is 11.8 Å². The van der Waals surface area contributed by atoms with Gasteiger partial charge in [0.05, 0.1) is 13.2 Å². The van der Waals surface area contributed by atoms with E-state index in [-0.39, 0.29) is 11.2 Å². The van der Waals surface area contributed by atoms with E-state index in [4.69, 9.17) is 9.47 Å². The molecule has 0 amide bonds. The lowest BCUT2D eigenvalue weighted by Crippen LogP contribution is -2.22. The SMILES string of the molecule is Cc1ccc(OCCOCCC(=O)C(C)(C)C)cc1. The van der Waals surface area contributed by atoms with Crippen molar-refractivity contribution in [2.75, 3.05) is 19.8 Å². The van der Waals surface area contributed by atoms with Gasteiger partial charge >= 0.3 is 0 Å². The first-order chi connectivity index (χ1) is 8.89. The predicted octanol–water partition coefficient (Wildman–Crippen LogP) is 3.40. The second kappa shape index (κ2) is 7.29. The summed E-state index contributed by atoms with van der Waals surface area (Å²) in [7, 11) is 0. The zero-order chi connectivity index (χ0) is 14.3. The van der Waals surface area contributed by atoms with Crippen LogP contribution in [0.3, 0.4) is 0 Å². The molecule has 0 fully saturated rings. The zero-order valence-electron chi connectivity index (χ0n) is 12.4. The first kappa shape index (κ1) is 15.7. The number of carbonyl (C=O) groups is 1. The first-order valence-corrected chi connectivity index (χ1v) is 6.70. The smallest absolute Gasteiger partial charge is 0.140 e. The maximum absolute atomic E-state index is 11.6. The number of hydrogen-bond donors (Lipinski definition) is 0. The lowest BCUT2D eigenvalue weighted by Gasteiger charge is -2.16. The Morgan fingerprint density at radius 3 is 2.26 bits per heavy atom. The monoisotopic (exact) mass is 264 g/mol. The average molecular weight is 264 g/mol. The number of rotatable bonds is 7. The van der Waals surface area contributed by atoms with Crippen molar-refractivity contribution in [1.29, 1.82) is 0 Å². The Morgan fingerprint density at radius 1 is 1.05 bits per heavy atom. The summed E-state index contributed by atoms with van der Waals surface area (Å²) in [5.74, 6) is 1.08. The van der Waals surface area contributed by atoms with Gasteiger partial charge in [-0.15, -0.1) is 0 Å². The van der Waals surface area contributed by atoms with Crippen molar-refractivity contribution in [3.8, 4) is 5.75 Å². The molecule has 0 heterocycles. The number of ether oxygens (including phenoxy) is 2.